The second kappa shape index (κ2) is 8.19. The highest BCUT2D eigenvalue weighted by atomic mass is 16.5. The average molecular weight is 398 g/mol. The first-order valence-electron chi connectivity index (χ1n) is 9.90. The molecule has 0 spiro atoms. The van der Waals surface area contributed by atoms with Crippen LogP contribution in [0.1, 0.15) is 30.6 Å². The maximum atomic E-state index is 13.3. The molecule has 1 aliphatic carbocycles. The van der Waals surface area contributed by atoms with Crippen molar-refractivity contribution in [1.29, 1.82) is 0 Å². The van der Waals surface area contributed by atoms with E-state index in [2.05, 4.69) is 0 Å². The molecular formula is C22H26N2O5. The van der Waals surface area contributed by atoms with Crippen LogP contribution in [-0.2, 0) is 22.7 Å². The molecule has 7 heteroatoms. The van der Waals surface area contributed by atoms with Gasteiger partial charge in [0.2, 0.25) is 11.8 Å². The van der Waals surface area contributed by atoms with E-state index in [-0.39, 0.29) is 30.2 Å². The van der Waals surface area contributed by atoms with Crippen molar-refractivity contribution >= 4 is 11.8 Å². The molecule has 154 valence electrons. The number of methoxy groups -OCH3 is 2. The van der Waals surface area contributed by atoms with Crippen LogP contribution in [0.2, 0.25) is 0 Å². The molecule has 0 N–H and O–H groups in total. The van der Waals surface area contributed by atoms with E-state index in [1.54, 1.807) is 31.4 Å². The molecule has 1 unspecified atom stereocenters. The molecule has 2 amide bonds. The summed E-state index contributed by atoms with van der Waals surface area (Å²) in [6, 6.07) is 9.47. The molecule has 2 heterocycles. The van der Waals surface area contributed by atoms with Crippen molar-refractivity contribution in [1.82, 2.24) is 9.80 Å². The largest absolute Gasteiger partial charge is 0.497 e. The Kier molecular flexibility index (Phi) is 5.47. The fraction of sp³-hybridized carbons (Fsp3) is 0.455. The highest BCUT2D eigenvalue weighted by Crippen LogP contribution is 2.34. The van der Waals surface area contributed by atoms with Crippen LogP contribution in [0.3, 0.4) is 0 Å². The predicted octanol–water partition coefficient (Wildman–Crippen LogP) is 2.84. The molecule has 1 atom stereocenters. The van der Waals surface area contributed by atoms with E-state index in [4.69, 9.17) is 13.9 Å². The minimum absolute atomic E-state index is 0.00513. The van der Waals surface area contributed by atoms with Crippen LogP contribution >= 0.6 is 0 Å². The van der Waals surface area contributed by atoms with Gasteiger partial charge in [-0.05, 0) is 43.2 Å². The van der Waals surface area contributed by atoms with Crippen LogP contribution in [0.25, 0.3) is 0 Å². The van der Waals surface area contributed by atoms with Gasteiger partial charge in [-0.15, -0.1) is 0 Å². The number of likely N-dealkylation sites (tertiary alicyclic amines) is 1. The number of carbonyl (C=O) groups excluding carboxylic acids is 2. The van der Waals surface area contributed by atoms with E-state index in [9.17, 15) is 9.59 Å². The molecule has 4 rings (SSSR count). The second-order valence-electron chi connectivity index (χ2n) is 7.63. The first-order valence-corrected chi connectivity index (χ1v) is 9.90. The third kappa shape index (κ3) is 4.23. The molecule has 0 bridgehead atoms. The van der Waals surface area contributed by atoms with Gasteiger partial charge in [-0.2, -0.15) is 0 Å². The maximum absolute atomic E-state index is 13.3. The van der Waals surface area contributed by atoms with Crippen LogP contribution in [0.5, 0.6) is 11.5 Å². The molecule has 1 saturated heterocycles. The van der Waals surface area contributed by atoms with Gasteiger partial charge < -0.3 is 23.7 Å². The normalized spacial score (nSPS) is 18.8. The van der Waals surface area contributed by atoms with Crippen LogP contribution in [0.15, 0.2) is 41.0 Å². The fourth-order valence-electron chi connectivity index (χ4n) is 3.88. The Morgan fingerprint density at radius 2 is 2.07 bits per heavy atom. The Labute approximate surface area is 170 Å². The van der Waals surface area contributed by atoms with Crippen molar-refractivity contribution in [3.63, 3.8) is 0 Å². The van der Waals surface area contributed by atoms with E-state index in [0.717, 1.165) is 35.7 Å². The molecule has 1 saturated carbocycles. The number of benzene rings is 1. The van der Waals surface area contributed by atoms with Crippen molar-refractivity contribution < 1.29 is 23.5 Å². The molecule has 0 radical (unpaired) electrons. The van der Waals surface area contributed by atoms with Gasteiger partial charge in [-0.25, -0.2) is 0 Å². The van der Waals surface area contributed by atoms with Crippen molar-refractivity contribution in [3.8, 4) is 11.5 Å². The van der Waals surface area contributed by atoms with Gasteiger partial charge in [0.1, 0.15) is 17.3 Å². The summed E-state index contributed by atoms with van der Waals surface area (Å²) in [7, 11) is 3.24. The lowest BCUT2D eigenvalue weighted by molar-refractivity contribution is -0.137. The minimum atomic E-state index is -0.324. The Morgan fingerprint density at radius 3 is 2.72 bits per heavy atom. The number of ether oxygens (including phenoxy) is 2. The monoisotopic (exact) mass is 398 g/mol. The number of hydrogen-bond acceptors (Lipinski definition) is 5. The number of nitrogens with zero attached hydrogens (tertiary/aromatic N) is 2. The molecule has 1 aromatic heterocycles. The summed E-state index contributed by atoms with van der Waals surface area (Å²) in [6.07, 6.45) is 3.83. The summed E-state index contributed by atoms with van der Waals surface area (Å²) in [4.78, 5) is 29.4. The highest BCUT2D eigenvalue weighted by Gasteiger charge is 2.41. The Morgan fingerprint density at radius 1 is 1.24 bits per heavy atom. The Balaban J connectivity index is 1.48. The molecule has 1 aliphatic heterocycles. The number of hydrogen-bond donors (Lipinski definition) is 0. The smallest absolute Gasteiger partial charge is 0.228 e. The van der Waals surface area contributed by atoms with E-state index < -0.39 is 0 Å². The Bertz CT molecular complexity index is 875. The van der Waals surface area contributed by atoms with Gasteiger partial charge in [0.05, 0.1) is 32.9 Å². The highest BCUT2D eigenvalue weighted by molar-refractivity contribution is 5.89. The van der Waals surface area contributed by atoms with E-state index >= 15 is 0 Å². The number of carbonyl (C=O) groups is 2. The van der Waals surface area contributed by atoms with Gasteiger partial charge in [0, 0.05) is 31.1 Å². The zero-order valence-corrected chi connectivity index (χ0v) is 16.8. The summed E-state index contributed by atoms with van der Waals surface area (Å²) in [5.41, 5.74) is 0.906. The molecule has 2 fully saturated rings. The van der Waals surface area contributed by atoms with Crippen molar-refractivity contribution in [3.05, 3.63) is 47.9 Å². The van der Waals surface area contributed by atoms with Crippen LogP contribution < -0.4 is 9.47 Å². The summed E-state index contributed by atoms with van der Waals surface area (Å²) in [5.74, 6) is 1.89. The standard InChI is InChI=1S/C22H26N2O5/c1-27-18-7-8-20(28-2)15(10-18)13-24(17-5-6-17)22(26)16-11-21(25)23(12-16)14-19-4-3-9-29-19/h3-4,7-10,16-17H,5-6,11-14H2,1-2H3. The fourth-order valence-corrected chi connectivity index (χ4v) is 3.88. The second-order valence-corrected chi connectivity index (χ2v) is 7.63. The van der Waals surface area contributed by atoms with Crippen LogP contribution in [0.4, 0.5) is 0 Å². The zero-order chi connectivity index (χ0) is 20.4. The van der Waals surface area contributed by atoms with E-state index in [1.807, 2.05) is 29.2 Å². The van der Waals surface area contributed by atoms with Crippen LogP contribution in [0, 0.1) is 5.92 Å². The first kappa shape index (κ1) is 19.4. The van der Waals surface area contributed by atoms with Gasteiger partial charge in [0.25, 0.3) is 0 Å². The predicted molar refractivity (Wildman–Crippen MR) is 105 cm³/mol. The lowest BCUT2D eigenvalue weighted by Crippen LogP contribution is -2.38. The average Bonchev–Trinajstić information content (AvgIpc) is 3.32. The maximum Gasteiger partial charge on any atom is 0.228 e. The van der Waals surface area contributed by atoms with Gasteiger partial charge in [-0.1, -0.05) is 0 Å². The van der Waals surface area contributed by atoms with Crippen molar-refractivity contribution in [2.45, 2.75) is 38.4 Å². The minimum Gasteiger partial charge on any atom is -0.497 e. The summed E-state index contributed by atoms with van der Waals surface area (Å²) in [6.45, 7) is 1.28. The first-order chi connectivity index (χ1) is 14.1. The molecule has 29 heavy (non-hydrogen) atoms. The summed E-state index contributed by atoms with van der Waals surface area (Å²) in [5, 5.41) is 0. The topological polar surface area (TPSA) is 72.2 Å². The van der Waals surface area contributed by atoms with Crippen LogP contribution in [-0.4, -0.2) is 48.4 Å². The number of amides is 2. The number of furan rings is 1. The van der Waals surface area contributed by atoms with Gasteiger partial charge in [-0.3, -0.25) is 9.59 Å². The van der Waals surface area contributed by atoms with E-state index in [1.165, 1.54) is 0 Å². The molecule has 2 aliphatic rings. The van der Waals surface area contributed by atoms with Crippen molar-refractivity contribution in [2.24, 2.45) is 5.92 Å². The van der Waals surface area contributed by atoms with Crippen molar-refractivity contribution in [2.75, 3.05) is 20.8 Å². The molecule has 1 aromatic carbocycles. The van der Waals surface area contributed by atoms with E-state index in [0.29, 0.717) is 19.6 Å². The number of rotatable bonds is 8. The quantitative estimate of drug-likeness (QED) is 0.684. The summed E-state index contributed by atoms with van der Waals surface area (Å²) >= 11 is 0. The molecule has 2 aromatic rings. The molecular weight excluding hydrogens is 372 g/mol. The third-order valence-electron chi connectivity index (χ3n) is 5.59. The lowest BCUT2D eigenvalue weighted by Gasteiger charge is -2.26. The van der Waals surface area contributed by atoms with Gasteiger partial charge in [0.15, 0.2) is 0 Å². The van der Waals surface area contributed by atoms with Gasteiger partial charge >= 0.3 is 0 Å². The lowest BCUT2D eigenvalue weighted by atomic mass is 10.1. The third-order valence-corrected chi connectivity index (χ3v) is 5.59. The SMILES string of the molecule is COc1ccc(OC)c(CN(C(=O)C2CC(=O)N(Cc3ccco3)C2)C2CC2)c1. The summed E-state index contributed by atoms with van der Waals surface area (Å²) < 4.78 is 16.2. The Hall–Kier alpha value is -2.96. The molecule has 7 nitrogen and oxygen atoms in total. The zero-order valence-electron chi connectivity index (χ0n) is 16.8.